The molecule has 0 aliphatic carbocycles. The average molecular weight is 456 g/mol. The lowest BCUT2D eigenvalue weighted by Crippen LogP contribution is -2.24. The maximum Gasteiger partial charge on any atom is 0.387 e. The van der Waals surface area contributed by atoms with E-state index in [9.17, 15) is 13.6 Å². The number of methoxy groups -OCH3 is 2. The summed E-state index contributed by atoms with van der Waals surface area (Å²) in [5, 5.41) is 0. The fourth-order valence-electron chi connectivity index (χ4n) is 2.48. The van der Waals surface area contributed by atoms with Crippen molar-refractivity contribution in [1.29, 1.82) is 0 Å². The van der Waals surface area contributed by atoms with Crippen LogP contribution in [0.2, 0.25) is 0 Å². The van der Waals surface area contributed by atoms with Crippen LogP contribution in [0.25, 0.3) is 6.08 Å². The molecule has 5 nitrogen and oxygen atoms in total. The molecule has 28 heavy (non-hydrogen) atoms. The van der Waals surface area contributed by atoms with Crippen LogP contribution >= 0.6 is 15.9 Å². The molecule has 0 saturated carbocycles. The molecule has 0 N–H and O–H groups in total. The van der Waals surface area contributed by atoms with Crippen LogP contribution in [-0.2, 0) is 11.3 Å². The predicted octanol–water partition coefficient (Wildman–Crippen LogP) is 4.74. The standard InChI is InChI=1S/C20H20BrF2NO4/c1-24(12-13-4-7-17(28-20(22)23)18(10-13)27-3)19(25)9-5-14-11-15(21)6-8-16(14)26-2/h4-11,20H,12H2,1-3H3/b9-5+. The van der Waals surface area contributed by atoms with Crippen molar-refractivity contribution in [2.45, 2.75) is 13.2 Å². The number of benzene rings is 2. The highest BCUT2D eigenvalue weighted by Crippen LogP contribution is 2.30. The van der Waals surface area contributed by atoms with E-state index in [0.29, 0.717) is 11.3 Å². The molecular formula is C20H20BrF2NO4. The molecule has 0 spiro atoms. The highest BCUT2D eigenvalue weighted by Gasteiger charge is 2.13. The highest BCUT2D eigenvalue weighted by atomic mass is 79.9. The van der Waals surface area contributed by atoms with E-state index < -0.39 is 6.61 Å². The SMILES string of the molecule is COc1ccc(Br)cc1/C=C/C(=O)N(C)Cc1ccc(OC(F)F)c(OC)c1. The smallest absolute Gasteiger partial charge is 0.387 e. The lowest BCUT2D eigenvalue weighted by Gasteiger charge is -2.17. The first-order chi connectivity index (χ1) is 13.3. The molecule has 0 heterocycles. The lowest BCUT2D eigenvalue weighted by atomic mass is 10.1. The van der Waals surface area contributed by atoms with Crippen molar-refractivity contribution in [2.75, 3.05) is 21.3 Å². The molecule has 0 bridgehead atoms. The summed E-state index contributed by atoms with van der Waals surface area (Å²) in [4.78, 5) is 13.9. The number of hydrogen-bond donors (Lipinski definition) is 0. The fourth-order valence-corrected chi connectivity index (χ4v) is 2.86. The van der Waals surface area contributed by atoms with Crippen molar-refractivity contribution >= 4 is 27.9 Å². The molecule has 0 atom stereocenters. The Balaban J connectivity index is 2.09. The number of carbonyl (C=O) groups is 1. The number of alkyl halides is 2. The van der Waals surface area contributed by atoms with E-state index in [2.05, 4.69) is 20.7 Å². The quantitative estimate of drug-likeness (QED) is 0.539. The first kappa shape index (κ1) is 21.7. The van der Waals surface area contributed by atoms with Gasteiger partial charge in [-0.05, 0) is 42.0 Å². The molecule has 1 amide bonds. The van der Waals surface area contributed by atoms with Crippen molar-refractivity contribution in [1.82, 2.24) is 4.90 Å². The van der Waals surface area contributed by atoms with Gasteiger partial charge in [0.25, 0.3) is 0 Å². The Morgan fingerprint density at radius 3 is 2.43 bits per heavy atom. The Labute approximate surface area is 170 Å². The number of amides is 1. The van der Waals surface area contributed by atoms with Crippen molar-refractivity contribution in [3.05, 3.63) is 58.1 Å². The van der Waals surface area contributed by atoms with Gasteiger partial charge in [-0.25, -0.2) is 0 Å². The van der Waals surface area contributed by atoms with Crippen molar-refractivity contribution < 1.29 is 27.8 Å². The van der Waals surface area contributed by atoms with E-state index in [0.717, 1.165) is 10.0 Å². The van der Waals surface area contributed by atoms with E-state index in [4.69, 9.17) is 9.47 Å². The zero-order chi connectivity index (χ0) is 20.7. The average Bonchev–Trinajstić information content (AvgIpc) is 2.66. The summed E-state index contributed by atoms with van der Waals surface area (Å²) in [6.07, 6.45) is 3.11. The van der Waals surface area contributed by atoms with E-state index in [-0.39, 0.29) is 24.0 Å². The molecule has 0 aliphatic heterocycles. The van der Waals surface area contributed by atoms with Crippen molar-refractivity contribution in [3.63, 3.8) is 0 Å². The molecule has 0 saturated heterocycles. The topological polar surface area (TPSA) is 48.0 Å². The normalized spacial score (nSPS) is 11.0. The minimum absolute atomic E-state index is 0.0584. The Bertz CT molecular complexity index is 858. The van der Waals surface area contributed by atoms with Crippen LogP contribution in [0, 0.1) is 0 Å². The van der Waals surface area contributed by atoms with E-state index in [1.54, 1.807) is 38.4 Å². The molecule has 0 unspecified atom stereocenters. The Morgan fingerprint density at radius 1 is 1.11 bits per heavy atom. The van der Waals surface area contributed by atoms with Crippen LogP contribution in [0.5, 0.6) is 17.2 Å². The second kappa shape index (κ2) is 10.1. The van der Waals surface area contributed by atoms with E-state index in [1.165, 1.54) is 24.2 Å². The zero-order valence-electron chi connectivity index (χ0n) is 15.6. The van der Waals surface area contributed by atoms with E-state index >= 15 is 0 Å². The van der Waals surface area contributed by atoms with Gasteiger partial charge in [0.15, 0.2) is 11.5 Å². The van der Waals surface area contributed by atoms with Crippen molar-refractivity contribution in [3.8, 4) is 17.2 Å². The monoisotopic (exact) mass is 455 g/mol. The summed E-state index contributed by atoms with van der Waals surface area (Å²) in [5.74, 6) is 0.535. The Kier molecular flexibility index (Phi) is 7.80. The van der Waals surface area contributed by atoms with Gasteiger partial charge in [-0.3, -0.25) is 4.79 Å². The molecule has 8 heteroatoms. The number of ether oxygens (including phenoxy) is 3. The third-order valence-corrected chi connectivity index (χ3v) is 4.33. The second-order valence-electron chi connectivity index (χ2n) is 5.78. The largest absolute Gasteiger partial charge is 0.496 e. The lowest BCUT2D eigenvalue weighted by molar-refractivity contribution is -0.125. The maximum absolute atomic E-state index is 12.4. The minimum Gasteiger partial charge on any atom is -0.496 e. The molecule has 2 aromatic rings. The number of hydrogen-bond acceptors (Lipinski definition) is 4. The fraction of sp³-hybridized carbons (Fsp3) is 0.250. The number of nitrogens with zero attached hydrogens (tertiary/aromatic N) is 1. The summed E-state index contributed by atoms with van der Waals surface area (Å²) in [6, 6.07) is 10.0. The molecule has 0 aliphatic rings. The number of halogens is 3. The summed E-state index contributed by atoms with van der Waals surface area (Å²) < 4.78 is 40.4. The predicted molar refractivity (Wildman–Crippen MR) is 106 cm³/mol. The highest BCUT2D eigenvalue weighted by molar-refractivity contribution is 9.10. The molecule has 0 fully saturated rings. The molecule has 150 valence electrons. The van der Waals surface area contributed by atoms with E-state index in [1.807, 2.05) is 12.1 Å². The van der Waals surface area contributed by atoms with Gasteiger partial charge < -0.3 is 19.1 Å². The molecule has 0 radical (unpaired) electrons. The number of carbonyl (C=O) groups excluding carboxylic acids is 1. The number of rotatable bonds is 8. The van der Waals surface area contributed by atoms with Gasteiger partial charge in [0.1, 0.15) is 5.75 Å². The van der Waals surface area contributed by atoms with Gasteiger partial charge in [-0.1, -0.05) is 22.0 Å². The first-order valence-electron chi connectivity index (χ1n) is 8.22. The van der Waals surface area contributed by atoms with Crippen LogP contribution in [0.4, 0.5) is 8.78 Å². The van der Waals surface area contributed by atoms with Gasteiger partial charge in [-0.15, -0.1) is 0 Å². The van der Waals surface area contributed by atoms with Crippen LogP contribution in [0.3, 0.4) is 0 Å². The van der Waals surface area contributed by atoms with Gasteiger partial charge in [-0.2, -0.15) is 8.78 Å². The molecule has 0 aromatic heterocycles. The van der Waals surface area contributed by atoms with Gasteiger partial charge in [0.2, 0.25) is 5.91 Å². The van der Waals surface area contributed by atoms with Crippen LogP contribution in [0.1, 0.15) is 11.1 Å². The van der Waals surface area contributed by atoms with Gasteiger partial charge >= 0.3 is 6.61 Å². The Hall–Kier alpha value is -2.61. The van der Waals surface area contributed by atoms with Gasteiger partial charge in [0, 0.05) is 29.7 Å². The van der Waals surface area contributed by atoms with Crippen LogP contribution in [-0.4, -0.2) is 38.7 Å². The second-order valence-corrected chi connectivity index (χ2v) is 6.69. The third-order valence-electron chi connectivity index (χ3n) is 3.84. The molecule has 2 rings (SSSR count). The molecule has 2 aromatic carbocycles. The first-order valence-corrected chi connectivity index (χ1v) is 9.01. The summed E-state index contributed by atoms with van der Waals surface area (Å²) in [5.41, 5.74) is 1.47. The van der Waals surface area contributed by atoms with Crippen LogP contribution in [0.15, 0.2) is 46.9 Å². The third kappa shape index (κ3) is 5.95. The number of likely N-dealkylation sites (N-methyl/N-ethyl adjacent to an activating group) is 1. The van der Waals surface area contributed by atoms with Crippen molar-refractivity contribution in [2.24, 2.45) is 0 Å². The minimum atomic E-state index is -2.94. The summed E-state index contributed by atoms with van der Waals surface area (Å²) in [7, 11) is 4.56. The molecular weight excluding hydrogens is 436 g/mol. The zero-order valence-corrected chi connectivity index (χ0v) is 17.2. The Morgan fingerprint density at radius 2 is 1.79 bits per heavy atom. The summed E-state index contributed by atoms with van der Waals surface area (Å²) >= 11 is 3.39. The van der Waals surface area contributed by atoms with Crippen LogP contribution < -0.4 is 14.2 Å². The maximum atomic E-state index is 12.4. The summed E-state index contributed by atoms with van der Waals surface area (Å²) in [6.45, 7) is -2.67. The van der Waals surface area contributed by atoms with Gasteiger partial charge in [0.05, 0.1) is 14.2 Å².